The number of hydrogen-bond acceptors (Lipinski definition) is 9. The second-order valence-electron chi connectivity index (χ2n) is 7.23. The van der Waals surface area contributed by atoms with E-state index in [1.807, 2.05) is 0 Å². The molecule has 2 aromatic rings. The maximum Gasteiger partial charge on any atom is 0.415 e. The van der Waals surface area contributed by atoms with Crippen LogP contribution in [-0.4, -0.2) is 47.2 Å². The number of carboxylic acid groups (broad SMARTS) is 1. The van der Waals surface area contributed by atoms with Gasteiger partial charge in [0.15, 0.2) is 0 Å². The molecule has 1 amide bonds. The average Bonchev–Trinajstić information content (AvgIpc) is 3.07. The van der Waals surface area contributed by atoms with Crippen molar-refractivity contribution in [1.29, 1.82) is 0 Å². The van der Waals surface area contributed by atoms with Gasteiger partial charge in [-0.05, 0) is 41.8 Å². The number of carboxylic acids is 1. The molecule has 180 valence electrons. The summed E-state index contributed by atoms with van der Waals surface area (Å²) in [4.78, 5) is 53.9. The summed E-state index contributed by atoms with van der Waals surface area (Å²) in [7, 11) is 0. The first-order chi connectivity index (χ1) is 16.0. The number of rotatable bonds is 7. The maximum absolute atomic E-state index is 11.2. The van der Waals surface area contributed by atoms with Crippen molar-refractivity contribution in [3.63, 3.8) is 0 Å². The third-order valence-electron chi connectivity index (χ3n) is 4.35. The highest BCUT2D eigenvalue weighted by atomic mass is 16.6. The molecule has 1 aliphatic heterocycles. The van der Waals surface area contributed by atoms with Crippen LogP contribution >= 0.6 is 0 Å². The molecule has 0 saturated carbocycles. The van der Waals surface area contributed by atoms with Gasteiger partial charge >= 0.3 is 30.0 Å². The van der Waals surface area contributed by atoms with Crippen molar-refractivity contribution in [2.75, 3.05) is 0 Å². The van der Waals surface area contributed by atoms with E-state index < -0.39 is 42.1 Å². The predicted octanol–water partition coefficient (Wildman–Crippen LogP) is 1.36. The molecular formula is C23H24N2O9. The summed E-state index contributed by atoms with van der Waals surface area (Å²) in [6.07, 6.45) is -0.137. The fourth-order valence-corrected chi connectivity index (χ4v) is 2.82. The molecule has 0 radical (unpaired) electrons. The van der Waals surface area contributed by atoms with Gasteiger partial charge in [-0.15, -0.1) is 0 Å². The quantitative estimate of drug-likeness (QED) is 0.303. The zero-order valence-electron chi connectivity index (χ0n) is 18.5. The number of hydrogen-bond donors (Lipinski definition) is 3. The van der Waals surface area contributed by atoms with E-state index >= 15 is 0 Å². The smallest absolute Gasteiger partial charge is 0.415 e. The standard InChI is InChI=1S/C12H11NO5.C11H13NO4/c1-7(14)17-9-4-2-8(3-5-9)6-10-11(15)18-12(16)13-10;1-7(13)16-9-4-2-8(3-5-9)6-10(12)11(14)15/h2-5,10H,6H2,1H3,(H,13,16);2-5,10H,6,12H2,1H3,(H,14,15)/t2*10-/m00/s1. The molecule has 1 saturated heterocycles. The SMILES string of the molecule is CC(=O)Oc1ccc(C[C@@H]2NC(=O)OC2=O)cc1.CC(=O)Oc1ccc(C[C@H](N)C(=O)O)cc1. The zero-order valence-corrected chi connectivity index (χ0v) is 18.5. The molecule has 1 heterocycles. The average molecular weight is 472 g/mol. The molecule has 3 rings (SSSR count). The normalized spacial score (nSPS) is 15.2. The van der Waals surface area contributed by atoms with E-state index in [1.165, 1.54) is 13.8 Å². The summed E-state index contributed by atoms with van der Waals surface area (Å²) in [5.41, 5.74) is 6.99. The first-order valence-corrected chi connectivity index (χ1v) is 10.1. The molecule has 11 heteroatoms. The van der Waals surface area contributed by atoms with Crippen LogP contribution in [0, 0.1) is 0 Å². The molecule has 0 spiro atoms. The minimum atomic E-state index is -1.04. The van der Waals surface area contributed by atoms with E-state index in [-0.39, 0.29) is 6.42 Å². The molecule has 0 aliphatic carbocycles. The first kappa shape index (κ1) is 26.0. The van der Waals surface area contributed by atoms with E-state index in [4.69, 9.17) is 20.3 Å². The van der Waals surface area contributed by atoms with Gasteiger partial charge in [-0.1, -0.05) is 24.3 Å². The molecule has 11 nitrogen and oxygen atoms in total. The van der Waals surface area contributed by atoms with E-state index in [9.17, 15) is 24.0 Å². The van der Waals surface area contributed by atoms with Crippen molar-refractivity contribution in [3.8, 4) is 11.5 Å². The van der Waals surface area contributed by atoms with Crippen LogP contribution in [0.4, 0.5) is 4.79 Å². The van der Waals surface area contributed by atoms with Crippen molar-refractivity contribution in [2.24, 2.45) is 5.73 Å². The lowest BCUT2D eigenvalue weighted by atomic mass is 10.1. The first-order valence-electron chi connectivity index (χ1n) is 10.1. The topological polar surface area (TPSA) is 171 Å². The van der Waals surface area contributed by atoms with E-state index in [1.54, 1.807) is 48.5 Å². The number of aliphatic carboxylic acids is 1. The molecule has 2 atom stereocenters. The van der Waals surface area contributed by atoms with Gasteiger partial charge in [0.1, 0.15) is 23.6 Å². The highest BCUT2D eigenvalue weighted by Crippen LogP contribution is 2.15. The number of nitrogens with two attached hydrogens (primary N) is 1. The van der Waals surface area contributed by atoms with Gasteiger partial charge in [-0.2, -0.15) is 0 Å². The minimum absolute atomic E-state index is 0.246. The van der Waals surface area contributed by atoms with Crippen LogP contribution in [-0.2, 0) is 36.8 Å². The highest BCUT2D eigenvalue weighted by Gasteiger charge is 2.32. The number of amides is 1. The fourth-order valence-electron chi connectivity index (χ4n) is 2.82. The van der Waals surface area contributed by atoms with Crippen LogP contribution in [0.5, 0.6) is 11.5 Å². The number of esters is 3. The number of nitrogens with one attached hydrogen (secondary N) is 1. The summed E-state index contributed by atoms with van der Waals surface area (Å²) in [5, 5.41) is 11.0. The van der Waals surface area contributed by atoms with Crippen LogP contribution < -0.4 is 20.5 Å². The summed E-state index contributed by atoms with van der Waals surface area (Å²) in [5.74, 6) is -1.54. The van der Waals surface area contributed by atoms with Gasteiger partial charge < -0.3 is 30.4 Å². The van der Waals surface area contributed by atoms with E-state index in [0.717, 1.165) is 11.1 Å². The van der Waals surface area contributed by atoms with E-state index in [2.05, 4.69) is 10.1 Å². The van der Waals surface area contributed by atoms with Crippen molar-refractivity contribution >= 4 is 30.0 Å². The van der Waals surface area contributed by atoms with Crippen molar-refractivity contribution in [1.82, 2.24) is 5.32 Å². The van der Waals surface area contributed by atoms with Crippen molar-refractivity contribution in [2.45, 2.75) is 38.8 Å². The Morgan fingerprint density at radius 1 is 0.941 bits per heavy atom. The largest absolute Gasteiger partial charge is 0.480 e. The Kier molecular flexibility index (Phi) is 9.27. The van der Waals surface area contributed by atoms with Gasteiger partial charge in [0.2, 0.25) is 0 Å². The van der Waals surface area contributed by atoms with Gasteiger partial charge in [0.05, 0.1) is 0 Å². The molecule has 2 aromatic carbocycles. The lowest BCUT2D eigenvalue weighted by Crippen LogP contribution is -2.32. The third-order valence-corrected chi connectivity index (χ3v) is 4.35. The van der Waals surface area contributed by atoms with Crippen molar-refractivity contribution in [3.05, 3.63) is 59.7 Å². The van der Waals surface area contributed by atoms with Crippen LogP contribution in [0.1, 0.15) is 25.0 Å². The van der Waals surface area contributed by atoms with Crippen molar-refractivity contribution < 1.29 is 43.3 Å². The summed E-state index contributed by atoms with van der Waals surface area (Å²) < 4.78 is 14.1. The predicted molar refractivity (Wildman–Crippen MR) is 117 cm³/mol. The minimum Gasteiger partial charge on any atom is -0.480 e. The highest BCUT2D eigenvalue weighted by molar-refractivity contribution is 5.95. The molecule has 0 unspecified atom stereocenters. The van der Waals surface area contributed by atoms with Gasteiger partial charge in [0.25, 0.3) is 0 Å². The number of cyclic esters (lactones) is 2. The number of carbonyl (C=O) groups excluding carboxylic acids is 4. The van der Waals surface area contributed by atoms with E-state index in [0.29, 0.717) is 17.9 Å². The summed E-state index contributed by atoms with van der Waals surface area (Å²) >= 11 is 0. The molecule has 34 heavy (non-hydrogen) atoms. The summed E-state index contributed by atoms with van der Waals surface area (Å²) in [6.45, 7) is 2.63. The lowest BCUT2D eigenvalue weighted by Gasteiger charge is -2.07. The van der Waals surface area contributed by atoms with Crippen LogP contribution in [0.25, 0.3) is 0 Å². The number of carbonyl (C=O) groups is 5. The number of ether oxygens (including phenoxy) is 3. The zero-order chi connectivity index (χ0) is 25.3. The Balaban J connectivity index is 0.000000242. The lowest BCUT2D eigenvalue weighted by molar-refractivity contribution is -0.138. The Morgan fingerprint density at radius 2 is 1.41 bits per heavy atom. The Bertz CT molecular complexity index is 1050. The van der Waals surface area contributed by atoms with Gasteiger partial charge in [-0.3, -0.25) is 14.4 Å². The Hall–Kier alpha value is -4.25. The second-order valence-corrected chi connectivity index (χ2v) is 7.23. The van der Waals surface area contributed by atoms with Crippen LogP contribution in [0.2, 0.25) is 0 Å². The molecular weight excluding hydrogens is 448 g/mol. The fraction of sp³-hybridized carbons (Fsp3) is 0.261. The molecule has 1 aliphatic rings. The molecule has 0 aromatic heterocycles. The number of benzene rings is 2. The second kappa shape index (κ2) is 12.1. The molecule has 1 fully saturated rings. The molecule has 4 N–H and O–H groups in total. The summed E-state index contributed by atoms with van der Waals surface area (Å²) in [6, 6.07) is 11.7. The van der Waals surface area contributed by atoms with Gasteiger partial charge in [-0.25, -0.2) is 9.59 Å². The van der Waals surface area contributed by atoms with Gasteiger partial charge in [0, 0.05) is 20.3 Å². The Labute approximate surface area is 194 Å². The third kappa shape index (κ3) is 8.71. The monoisotopic (exact) mass is 472 g/mol. The van der Waals surface area contributed by atoms with Crippen LogP contribution in [0.15, 0.2) is 48.5 Å². The number of alkyl carbamates (subject to hydrolysis) is 1. The molecule has 0 bridgehead atoms. The Morgan fingerprint density at radius 3 is 1.79 bits per heavy atom. The maximum atomic E-state index is 11.2. The van der Waals surface area contributed by atoms with Crippen LogP contribution in [0.3, 0.4) is 0 Å².